The molecule has 8 heteroatoms. The molecule has 124 valence electrons. The van der Waals surface area contributed by atoms with Crippen molar-refractivity contribution in [2.24, 2.45) is 0 Å². The fourth-order valence-electron chi connectivity index (χ4n) is 1.96. The van der Waals surface area contributed by atoms with Gasteiger partial charge in [-0.15, -0.1) is 0 Å². The number of alkyl halides is 2. The number of rotatable bonds is 8. The second-order valence-electron chi connectivity index (χ2n) is 4.79. The van der Waals surface area contributed by atoms with Gasteiger partial charge in [0, 0.05) is 31.9 Å². The van der Waals surface area contributed by atoms with Crippen molar-refractivity contribution in [3.05, 3.63) is 48.3 Å². The average Bonchev–Trinajstić information content (AvgIpc) is 3.03. The largest absolute Gasteiger partial charge is 0.435 e. The summed E-state index contributed by atoms with van der Waals surface area (Å²) in [5.41, 5.74) is 0.385. The number of halogens is 2. The fourth-order valence-corrected chi connectivity index (χ4v) is 1.96. The van der Waals surface area contributed by atoms with Gasteiger partial charge in [0.25, 0.3) is 0 Å². The van der Waals surface area contributed by atoms with Crippen molar-refractivity contribution in [1.29, 1.82) is 0 Å². The minimum Gasteiger partial charge on any atom is -0.435 e. The van der Waals surface area contributed by atoms with Gasteiger partial charge in [-0.1, -0.05) is 12.1 Å². The molecule has 0 radical (unpaired) electrons. The minimum absolute atomic E-state index is 0.0178. The van der Waals surface area contributed by atoms with Gasteiger partial charge in [0.2, 0.25) is 5.91 Å². The van der Waals surface area contributed by atoms with Gasteiger partial charge >= 0.3 is 6.61 Å². The number of nitrogens with one attached hydrogen (secondary N) is 1. The van der Waals surface area contributed by atoms with Crippen molar-refractivity contribution in [2.45, 2.75) is 25.7 Å². The van der Waals surface area contributed by atoms with Crippen molar-refractivity contribution < 1.29 is 23.4 Å². The predicted octanol–water partition coefficient (Wildman–Crippen LogP) is 1.72. The highest BCUT2D eigenvalue weighted by molar-refractivity contribution is 5.75. The molecule has 0 aliphatic heterocycles. The monoisotopic (exact) mass is 325 g/mol. The maximum absolute atomic E-state index is 12.2. The van der Waals surface area contributed by atoms with Crippen LogP contribution in [0.2, 0.25) is 0 Å². The lowest BCUT2D eigenvalue weighted by molar-refractivity contribution is -0.121. The van der Waals surface area contributed by atoms with Gasteiger partial charge in [-0.3, -0.25) is 9.48 Å². The highest BCUT2D eigenvalue weighted by Crippen LogP contribution is 2.20. The molecule has 1 aromatic heterocycles. The number of benzene rings is 1. The molecule has 1 unspecified atom stereocenters. The Morgan fingerprint density at radius 1 is 1.39 bits per heavy atom. The molecule has 0 saturated carbocycles. The van der Waals surface area contributed by atoms with Crippen molar-refractivity contribution in [1.82, 2.24) is 15.1 Å². The summed E-state index contributed by atoms with van der Waals surface area (Å²) in [4.78, 5) is 11.7. The van der Waals surface area contributed by atoms with Gasteiger partial charge in [-0.05, 0) is 23.8 Å². The molecule has 0 aliphatic rings. The zero-order chi connectivity index (χ0) is 16.7. The number of hydrogen-bond donors (Lipinski definition) is 2. The van der Waals surface area contributed by atoms with Crippen LogP contribution in [0.5, 0.6) is 5.75 Å². The van der Waals surface area contributed by atoms with Crippen LogP contribution in [-0.2, 0) is 11.3 Å². The summed E-state index contributed by atoms with van der Waals surface area (Å²) in [5, 5.41) is 16.6. The zero-order valence-electron chi connectivity index (χ0n) is 12.2. The standard InChI is InChI=1S/C15H17F2N3O3/c16-15(17)23-12-4-1-3-11(9-12)13(21)10-18-14(22)5-8-20-7-2-6-19-20/h1-4,6-7,9,13,15,21H,5,8,10H2,(H,18,22). The van der Waals surface area contributed by atoms with Crippen LogP contribution in [0.25, 0.3) is 0 Å². The first kappa shape index (κ1) is 16.9. The summed E-state index contributed by atoms with van der Waals surface area (Å²) in [6, 6.07) is 7.50. The summed E-state index contributed by atoms with van der Waals surface area (Å²) in [6.45, 7) is -2.51. The minimum atomic E-state index is -2.93. The molecule has 1 amide bonds. The van der Waals surface area contributed by atoms with Crippen molar-refractivity contribution in [3.63, 3.8) is 0 Å². The van der Waals surface area contributed by atoms with E-state index in [4.69, 9.17) is 0 Å². The molecular weight excluding hydrogens is 308 g/mol. The SMILES string of the molecule is O=C(CCn1cccn1)NCC(O)c1cccc(OC(F)F)c1. The van der Waals surface area contributed by atoms with E-state index in [9.17, 15) is 18.7 Å². The van der Waals surface area contributed by atoms with Crippen molar-refractivity contribution >= 4 is 5.91 Å². The maximum Gasteiger partial charge on any atom is 0.387 e. The number of aryl methyl sites for hydroxylation is 1. The third-order valence-corrected chi connectivity index (χ3v) is 3.09. The Labute approximate surface area is 131 Å². The molecule has 6 nitrogen and oxygen atoms in total. The molecular formula is C15H17F2N3O3. The number of carbonyl (C=O) groups is 1. The molecule has 1 heterocycles. The maximum atomic E-state index is 12.2. The van der Waals surface area contributed by atoms with E-state index in [1.165, 1.54) is 18.2 Å². The molecule has 2 aromatic rings. The fraction of sp³-hybridized carbons (Fsp3) is 0.333. The molecule has 0 aliphatic carbocycles. The van der Waals surface area contributed by atoms with E-state index in [1.54, 1.807) is 29.2 Å². The number of aromatic nitrogens is 2. The van der Waals surface area contributed by atoms with Crippen LogP contribution in [0, 0.1) is 0 Å². The Hall–Kier alpha value is -2.48. The molecule has 2 N–H and O–H groups in total. The van der Waals surface area contributed by atoms with Crippen LogP contribution in [0.1, 0.15) is 18.1 Å². The topological polar surface area (TPSA) is 76.4 Å². The van der Waals surface area contributed by atoms with E-state index in [0.29, 0.717) is 12.1 Å². The highest BCUT2D eigenvalue weighted by Gasteiger charge is 2.12. The zero-order valence-corrected chi connectivity index (χ0v) is 12.2. The average molecular weight is 325 g/mol. The first-order chi connectivity index (χ1) is 11.0. The van der Waals surface area contributed by atoms with Crippen LogP contribution in [-0.4, -0.2) is 34.0 Å². The molecule has 1 aromatic carbocycles. The first-order valence-corrected chi connectivity index (χ1v) is 7.01. The second-order valence-corrected chi connectivity index (χ2v) is 4.79. The van der Waals surface area contributed by atoms with E-state index in [1.807, 2.05) is 0 Å². The van der Waals surface area contributed by atoms with Crippen molar-refractivity contribution in [2.75, 3.05) is 6.54 Å². The van der Waals surface area contributed by atoms with Crippen LogP contribution in [0.3, 0.4) is 0 Å². The summed E-state index contributed by atoms with van der Waals surface area (Å²) in [5.74, 6) is -0.277. The van der Waals surface area contributed by atoms with Crippen LogP contribution < -0.4 is 10.1 Å². The first-order valence-electron chi connectivity index (χ1n) is 7.01. The van der Waals surface area contributed by atoms with Gasteiger partial charge in [0.05, 0.1) is 6.10 Å². The molecule has 0 saturated heterocycles. The summed E-state index contributed by atoms with van der Waals surface area (Å²) in [6.07, 6.45) is 2.58. The molecule has 1 atom stereocenters. The Morgan fingerprint density at radius 3 is 2.91 bits per heavy atom. The Morgan fingerprint density at radius 2 is 2.22 bits per heavy atom. The van der Waals surface area contributed by atoms with Crippen molar-refractivity contribution in [3.8, 4) is 5.75 Å². The van der Waals surface area contributed by atoms with E-state index < -0.39 is 12.7 Å². The van der Waals surface area contributed by atoms with Crippen LogP contribution in [0.15, 0.2) is 42.7 Å². The molecule has 0 bridgehead atoms. The van der Waals surface area contributed by atoms with Gasteiger partial charge in [0.15, 0.2) is 0 Å². The predicted molar refractivity (Wildman–Crippen MR) is 77.9 cm³/mol. The van der Waals surface area contributed by atoms with Crippen LogP contribution >= 0.6 is 0 Å². The van der Waals surface area contributed by atoms with E-state index in [2.05, 4.69) is 15.2 Å². The number of carbonyl (C=O) groups excluding carboxylic acids is 1. The Kier molecular flexibility index (Phi) is 6.04. The lowest BCUT2D eigenvalue weighted by Gasteiger charge is -2.13. The Bertz CT molecular complexity index is 620. The van der Waals surface area contributed by atoms with Crippen LogP contribution in [0.4, 0.5) is 8.78 Å². The van der Waals surface area contributed by atoms with Gasteiger partial charge in [0.1, 0.15) is 5.75 Å². The number of aliphatic hydroxyl groups excluding tert-OH is 1. The van der Waals surface area contributed by atoms with E-state index >= 15 is 0 Å². The summed E-state index contributed by atoms with van der Waals surface area (Å²) < 4.78 is 30.2. The quantitative estimate of drug-likeness (QED) is 0.775. The number of ether oxygens (including phenoxy) is 1. The lowest BCUT2D eigenvalue weighted by atomic mass is 10.1. The third kappa shape index (κ3) is 5.67. The van der Waals surface area contributed by atoms with E-state index in [0.717, 1.165) is 0 Å². The molecule has 2 rings (SSSR count). The smallest absolute Gasteiger partial charge is 0.387 e. The summed E-state index contributed by atoms with van der Waals surface area (Å²) in [7, 11) is 0. The number of amides is 1. The number of aliphatic hydroxyl groups is 1. The third-order valence-electron chi connectivity index (χ3n) is 3.09. The normalized spacial score (nSPS) is 12.2. The lowest BCUT2D eigenvalue weighted by Crippen LogP contribution is -2.29. The highest BCUT2D eigenvalue weighted by atomic mass is 19.3. The second kappa shape index (κ2) is 8.23. The molecule has 23 heavy (non-hydrogen) atoms. The van der Waals surface area contributed by atoms with Gasteiger partial charge < -0.3 is 15.2 Å². The number of hydrogen-bond acceptors (Lipinski definition) is 4. The summed E-state index contributed by atoms with van der Waals surface area (Å²) >= 11 is 0. The number of nitrogens with zero attached hydrogens (tertiary/aromatic N) is 2. The molecule has 0 spiro atoms. The molecule has 0 fully saturated rings. The van der Waals surface area contributed by atoms with Gasteiger partial charge in [-0.25, -0.2) is 0 Å². The van der Waals surface area contributed by atoms with Gasteiger partial charge in [-0.2, -0.15) is 13.9 Å². The Balaban J connectivity index is 1.79. The van der Waals surface area contributed by atoms with E-state index in [-0.39, 0.29) is 24.6 Å².